The second-order valence-electron chi connectivity index (χ2n) is 7.47. The Morgan fingerprint density at radius 1 is 0.714 bits per heavy atom. The Hall–Kier alpha value is -2.15. The minimum absolute atomic E-state index is 0.0758. The molecule has 0 saturated heterocycles. The fraction of sp³-hybridized carbons (Fsp3) is 0.800. The smallest absolute Gasteiger partial charge is 0.336 e. The van der Waals surface area contributed by atoms with E-state index < -0.39 is 17.4 Å². The third-order valence-corrected chi connectivity index (χ3v) is 2.90. The highest BCUT2D eigenvalue weighted by atomic mass is 32.1. The van der Waals surface area contributed by atoms with Crippen LogP contribution in [0.1, 0.15) is 55.4 Å². The van der Waals surface area contributed by atoms with Crippen LogP contribution in [0.15, 0.2) is 20.5 Å². The highest BCUT2D eigenvalue weighted by Crippen LogP contribution is 2.06. The van der Waals surface area contributed by atoms with Gasteiger partial charge in [0.25, 0.3) is 0 Å². The molecule has 0 aliphatic carbocycles. The molecule has 13 heteroatoms. The summed E-state index contributed by atoms with van der Waals surface area (Å²) in [4.78, 5) is 11.8. The molecule has 0 aromatic carbocycles. The summed E-state index contributed by atoms with van der Waals surface area (Å²) in [5.41, 5.74) is 8.39. The Bertz CT molecular complexity index is 552. The molecule has 0 bridgehead atoms. The third kappa shape index (κ3) is 14.0. The topological polar surface area (TPSA) is 139 Å². The standard InChI is InChI=1S/C15H32N10OS2/c1-9(2)18-24-14(5,6)16-12(27)22-20-11(26)21-23-13(28)17-15(7,8)25-19-10(3)4/h9-10H,1-8H3,(H2,16,22,27)(H2,17,23,28)(H2,20,21,26). The normalized spacial score (nSPS) is 12.4. The zero-order chi connectivity index (χ0) is 22.0. The first kappa shape index (κ1) is 25.9. The second kappa shape index (κ2) is 11.6. The van der Waals surface area contributed by atoms with Gasteiger partial charge in [0.2, 0.25) is 0 Å². The lowest BCUT2D eigenvalue weighted by molar-refractivity contribution is 0.237. The van der Waals surface area contributed by atoms with Gasteiger partial charge in [0.15, 0.2) is 10.2 Å². The minimum atomic E-state index is -0.716. The van der Waals surface area contributed by atoms with Gasteiger partial charge >= 0.3 is 6.03 Å². The highest BCUT2D eigenvalue weighted by molar-refractivity contribution is 7.80. The van der Waals surface area contributed by atoms with E-state index in [9.17, 15) is 4.79 Å². The van der Waals surface area contributed by atoms with E-state index in [-0.39, 0.29) is 22.3 Å². The number of rotatable bonds is 6. The van der Waals surface area contributed by atoms with E-state index in [0.717, 1.165) is 0 Å². The number of hydrogen-bond acceptors (Lipinski definition) is 7. The van der Waals surface area contributed by atoms with Crippen LogP contribution in [0.25, 0.3) is 0 Å². The van der Waals surface area contributed by atoms with Crippen molar-refractivity contribution in [1.82, 2.24) is 32.3 Å². The molecular formula is C15H32N10OS2. The predicted molar refractivity (Wildman–Crippen MR) is 118 cm³/mol. The number of nitrogens with zero attached hydrogens (tertiary/aromatic N) is 4. The van der Waals surface area contributed by atoms with Gasteiger partial charge in [-0.2, -0.15) is 20.5 Å². The molecule has 0 spiro atoms. The number of urea groups is 1. The molecule has 0 rings (SSSR count). The molecule has 0 saturated carbocycles. The Labute approximate surface area is 177 Å². The van der Waals surface area contributed by atoms with Crippen LogP contribution in [0.5, 0.6) is 0 Å². The van der Waals surface area contributed by atoms with E-state index in [4.69, 9.17) is 24.4 Å². The fourth-order valence-corrected chi connectivity index (χ4v) is 2.05. The molecule has 0 unspecified atom stereocenters. The van der Waals surface area contributed by atoms with Crippen molar-refractivity contribution in [3.63, 3.8) is 0 Å². The zero-order valence-corrected chi connectivity index (χ0v) is 19.3. The van der Waals surface area contributed by atoms with Crippen LogP contribution in [0, 0.1) is 0 Å². The summed E-state index contributed by atoms with van der Waals surface area (Å²) in [5.74, 6) is 0. The maximum Gasteiger partial charge on any atom is 0.352 e. The Kier molecular flexibility index (Phi) is 10.7. The average Bonchev–Trinajstić information content (AvgIpc) is 2.54. The van der Waals surface area contributed by atoms with E-state index >= 15 is 0 Å². The lowest BCUT2D eigenvalue weighted by Gasteiger charge is -2.24. The Morgan fingerprint density at radius 3 is 1.32 bits per heavy atom. The number of carbonyl (C=O) groups excluding carboxylic acids is 1. The number of hydrogen-bond donors (Lipinski definition) is 6. The van der Waals surface area contributed by atoms with Gasteiger partial charge in [-0.25, -0.2) is 15.6 Å². The van der Waals surface area contributed by atoms with Crippen LogP contribution < -0.4 is 32.3 Å². The van der Waals surface area contributed by atoms with E-state index in [0.29, 0.717) is 0 Å². The van der Waals surface area contributed by atoms with Crippen molar-refractivity contribution in [3.8, 4) is 0 Å². The molecule has 0 aromatic heterocycles. The highest BCUT2D eigenvalue weighted by Gasteiger charge is 2.19. The molecule has 11 nitrogen and oxygen atoms in total. The average molecular weight is 433 g/mol. The summed E-state index contributed by atoms with van der Waals surface area (Å²) in [5, 5.41) is 22.6. The van der Waals surface area contributed by atoms with Crippen LogP contribution in [0.2, 0.25) is 0 Å². The van der Waals surface area contributed by atoms with E-state index in [2.05, 4.69) is 52.8 Å². The molecule has 0 heterocycles. The van der Waals surface area contributed by atoms with Crippen molar-refractivity contribution in [2.75, 3.05) is 0 Å². The first-order chi connectivity index (χ1) is 12.7. The van der Waals surface area contributed by atoms with Crippen molar-refractivity contribution in [1.29, 1.82) is 0 Å². The third-order valence-electron chi connectivity index (χ3n) is 2.50. The molecule has 0 atom stereocenters. The molecule has 0 aliphatic heterocycles. The van der Waals surface area contributed by atoms with Crippen LogP contribution in [0.4, 0.5) is 4.79 Å². The van der Waals surface area contributed by atoms with Gasteiger partial charge in [0.1, 0.15) is 11.3 Å². The first-order valence-corrected chi connectivity index (χ1v) is 9.60. The lowest BCUT2D eigenvalue weighted by atomic mass is 10.3. The number of carbonyl (C=O) groups is 1. The molecule has 160 valence electrons. The SMILES string of the molecule is CC(C)N=NC(C)(C)NC(=S)NNC(=O)NNC(=S)NC(C)(C)N=NC(C)C. The molecule has 0 aliphatic rings. The quantitative estimate of drug-likeness (QED) is 0.215. The zero-order valence-electron chi connectivity index (χ0n) is 17.7. The van der Waals surface area contributed by atoms with Gasteiger partial charge in [-0.1, -0.05) is 0 Å². The van der Waals surface area contributed by atoms with Gasteiger partial charge in [-0.15, -0.1) is 0 Å². The van der Waals surface area contributed by atoms with Gasteiger partial charge in [-0.3, -0.25) is 10.9 Å². The largest absolute Gasteiger partial charge is 0.352 e. The number of nitrogens with one attached hydrogen (secondary N) is 6. The van der Waals surface area contributed by atoms with Crippen molar-refractivity contribution >= 4 is 40.7 Å². The van der Waals surface area contributed by atoms with Crippen molar-refractivity contribution < 1.29 is 4.79 Å². The number of thiocarbonyl (C=S) groups is 2. The maximum absolute atomic E-state index is 11.8. The number of hydrazine groups is 2. The molecule has 0 fully saturated rings. The minimum Gasteiger partial charge on any atom is -0.336 e. The summed E-state index contributed by atoms with van der Waals surface area (Å²) >= 11 is 10.2. The van der Waals surface area contributed by atoms with Crippen LogP contribution in [0.3, 0.4) is 0 Å². The molecule has 6 N–H and O–H groups in total. The molecule has 0 aromatic rings. The molecule has 0 radical (unpaired) electrons. The van der Waals surface area contributed by atoms with Gasteiger partial charge in [0, 0.05) is 0 Å². The summed E-state index contributed by atoms with van der Waals surface area (Å²) in [6.07, 6.45) is 0. The Balaban J connectivity index is 4.28. The van der Waals surface area contributed by atoms with Gasteiger partial charge < -0.3 is 10.6 Å². The van der Waals surface area contributed by atoms with Crippen molar-refractivity contribution in [2.45, 2.75) is 78.8 Å². The molecule has 28 heavy (non-hydrogen) atoms. The summed E-state index contributed by atoms with van der Waals surface area (Å²) in [6.45, 7) is 14.9. The second-order valence-corrected chi connectivity index (χ2v) is 8.29. The van der Waals surface area contributed by atoms with Crippen LogP contribution in [-0.2, 0) is 0 Å². The number of azo groups is 2. The van der Waals surface area contributed by atoms with Crippen molar-refractivity contribution in [2.24, 2.45) is 20.5 Å². The van der Waals surface area contributed by atoms with Crippen molar-refractivity contribution in [3.05, 3.63) is 0 Å². The van der Waals surface area contributed by atoms with E-state index in [1.807, 2.05) is 27.7 Å². The summed E-state index contributed by atoms with van der Waals surface area (Å²) < 4.78 is 0. The summed E-state index contributed by atoms with van der Waals surface area (Å²) in [6, 6.07) is -0.449. The van der Waals surface area contributed by atoms with E-state index in [1.54, 1.807) is 27.7 Å². The van der Waals surface area contributed by atoms with Crippen LogP contribution >= 0.6 is 24.4 Å². The fourth-order valence-electron chi connectivity index (χ4n) is 1.45. The predicted octanol–water partition coefficient (Wildman–Crippen LogP) is 2.24. The maximum atomic E-state index is 11.8. The lowest BCUT2D eigenvalue weighted by Crippen LogP contribution is -2.58. The number of amides is 2. The molecule has 2 amide bonds. The van der Waals surface area contributed by atoms with Crippen LogP contribution in [-0.4, -0.2) is 39.7 Å². The summed E-state index contributed by atoms with van der Waals surface area (Å²) in [7, 11) is 0. The van der Waals surface area contributed by atoms with E-state index in [1.165, 1.54) is 0 Å². The Morgan fingerprint density at radius 2 is 1.04 bits per heavy atom. The molecular weight excluding hydrogens is 400 g/mol. The first-order valence-electron chi connectivity index (χ1n) is 8.79. The van der Waals surface area contributed by atoms with Gasteiger partial charge in [-0.05, 0) is 79.8 Å². The monoisotopic (exact) mass is 432 g/mol. The van der Waals surface area contributed by atoms with Gasteiger partial charge in [0.05, 0.1) is 12.1 Å².